The first-order chi connectivity index (χ1) is 13.0. The van der Waals surface area contributed by atoms with E-state index in [4.69, 9.17) is 5.73 Å². The molecule has 3 N–H and O–H groups in total. The molecule has 1 aliphatic carbocycles. The monoisotopic (exact) mass is 496 g/mol. The molecule has 0 amide bonds. The molecule has 7 heteroatoms. The van der Waals surface area contributed by atoms with Crippen LogP contribution >= 0.6 is 24.0 Å². The van der Waals surface area contributed by atoms with Crippen molar-refractivity contribution in [2.24, 2.45) is 10.7 Å². The Morgan fingerprint density at radius 1 is 1.07 bits per heavy atom. The Hall–Kier alpha value is -1.87. The number of hydrogen-bond donors (Lipinski definition) is 2. The summed E-state index contributed by atoms with van der Waals surface area (Å²) < 4.78 is 13.1. The first-order valence-electron chi connectivity index (χ1n) is 9.41. The summed E-state index contributed by atoms with van der Waals surface area (Å²) in [7, 11) is 0. The summed E-state index contributed by atoms with van der Waals surface area (Å²) >= 11 is 0. The van der Waals surface area contributed by atoms with E-state index in [0.29, 0.717) is 12.4 Å². The second kappa shape index (κ2) is 8.65. The Labute approximate surface area is 182 Å². The maximum atomic E-state index is 13.1. The minimum atomic E-state index is -0.919. The van der Waals surface area contributed by atoms with Crippen LogP contribution < -0.4 is 10.6 Å². The summed E-state index contributed by atoms with van der Waals surface area (Å²) in [6, 6.07) is 14.6. The zero-order valence-corrected chi connectivity index (χ0v) is 18.1. The van der Waals surface area contributed by atoms with E-state index in [9.17, 15) is 9.50 Å². The van der Waals surface area contributed by atoms with E-state index >= 15 is 0 Å². The van der Waals surface area contributed by atoms with Gasteiger partial charge in [-0.2, -0.15) is 0 Å². The van der Waals surface area contributed by atoms with Gasteiger partial charge in [0.1, 0.15) is 11.4 Å². The van der Waals surface area contributed by atoms with Gasteiger partial charge in [0.05, 0.1) is 6.54 Å². The molecule has 2 aromatic carbocycles. The predicted molar refractivity (Wildman–Crippen MR) is 121 cm³/mol. The van der Waals surface area contributed by atoms with E-state index in [1.165, 1.54) is 17.7 Å². The van der Waals surface area contributed by atoms with E-state index in [1.807, 2.05) is 23.1 Å². The number of anilines is 1. The molecule has 0 bridgehead atoms. The van der Waals surface area contributed by atoms with Crippen LogP contribution in [0.1, 0.15) is 17.5 Å². The number of nitrogens with two attached hydrogens (primary N) is 1. The number of aliphatic hydroxyl groups is 1. The van der Waals surface area contributed by atoms with Crippen LogP contribution in [-0.2, 0) is 12.0 Å². The third-order valence-electron chi connectivity index (χ3n) is 5.62. The molecule has 2 aromatic rings. The zero-order chi connectivity index (χ0) is 18.9. The van der Waals surface area contributed by atoms with Gasteiger partial charge in [0.15, 0.2) is 5.96 Å². The van der Waals surface area contributed by atoms with Crippen LogP contribution in [0, 0.1) is 5.82 Å². The van der Waals surface area contributed by atoms with Crippen LogP contribution in [-0.4, -0.2) is 48.7 Å². The van der Waals surface area contributed by atoms with Crippen molar-refractivity contribution in [1.82, 2.24) is 4.90 Å². The maximum absolute atomic E-state index is 13.1. The molecule has 1 unspecified atom stereocenters. The number of aliphatic imine (C=N–C) groups is 1. The summed E-state index contributed by atoms with van der Waals surface area (Å²) in [6.07, 6.45) is 1.56. The Kier molecular flexibility index (Phi) is 6.44. The van der Waals surface area contributed by atoms with E-state index in [0.717, 1.165) is 43.9 Å². The lowest BCUT2D eigenvalue weighted by molar-refractivity contribution is 0.0483. The van der Waals surface area contributed by atoms with Crippen LogP contribution in [0.5, 0.6) is 0 Å². The van der Waals surface area contributed by atoms with Crippen molar-refractivity contribution in [1.29, 1.82) is 0 Å². The van der Waals surface area contributed by atoms with Gasteiger partial charge >= 0.3 is 0 Å². The topological polar surface area (TPSA) is 65.1 Å². The molecule has 0 saturated carbocycles. The smallest absolute Gasteiger partial charge is 0.191 e. The fraction of sp³-hybridized carbons (Fsp3) is 0.381. The van der Waals surface area contributed by atoms with Gasteiger partial charge in [-0.05, 0) is 48.2 Å². The summed E-state index contributed by atoms with van der Waals surface area (Å²) in [5.41, 5.74) is 8.47. The van der Waals surface area contributed by atoms with E-state index in [1.54, 1.807) is 12.1 Å². The molecule has 4 rings (SSSR count). The SMILES string of the molecule is I.NC(=NCC1(O)CCc2ccccc21)N1CCN(c2ccc(F)cc2)CC1. The highest BCUT2D eigenvalue weighted by atomic mass is 127. The van der Waals surface area contributed by atoms with Gasteiger partial charge in [0.2, 0.25) is 0 Å². The zero-order valence-electron chi connectivity index (χ0n) is 15.7. The van der Waals surface area contributed by atoms with Crippen LogP contribution in [0.25, 0.3) is 0 Å². The second-order valence-electron chi connectivity index (χ2n) is 7.31. The molecule has 1 heterocycles. The summed E-state index contributed by atoms with van der Waals surface area (Å²) in [6.45, 7) is 3.39. The first-order valence-corrected chi connectivity index (χ1v) is 9.41. The Morgan fingerprint density at radius 2 is 1.75 bits per heavy atom. The highest BCUT2D eigenvalue weighted by Crippen LogP contribution is 2.36. The number of aryl methyl sites for hydroxylation is 1. The van der Waals surface area contributed by atoms with Gasteiger partial charge in [-0.3, -0.25) is 0 Å². The molecule has 2 aliphatic rings. The van der Waals surface area contributed by atoms with Crippen LogP contribution in [0.3, 0.4) is 0 Å². The lowest BCUT2D eigenvalue weighted by atomic mass is 9.96. The van der Waals surface area contributed by atoms with Crippen LogP contribution in [0.4, 0.5) is 10.1 Å². The molecule has 0 spiro atoms. The van der Waals surface area contributed by atoms with Crippen molar-refractivity contribution >= 4 is 35.6 Å². The number of fused-ring (bicyclic) bond motifs is 1. The Balaban J connectivity index is 0.00000225. The number of nitrogens with zero attached hydrogens (tertiary/aromatic N) is 3. The number of guanidine groups is 1. The van der Waals surface area contributed by atoms with E-state index in [2.05, 4.69) is 16.0 Å². The van der Waals surface area contributed by atoms with E-state index in [-0.39, 0.29) is 36.3 Å². The maximum Gasteiger partial charge on any atom is 0.191 e. The fourth-order valence-electron chi connectivity index (χ4n) is 3.99. The average Bonchev–Trinajstić information content (AvgIpc) is 3.04. The van der Waals surface area contributed by atoms with Crippen molar-refractivity contribution in [2.45, 2.75) is 18.4 Å². The second-order valence-corrected chi connectivity index (χ2v) is 7.31. The highest BCUT2D eigenvalue weighted by molar-refractivity contribution is 14.0. The van der Waals surface area contributed by atoms with Gasteiger partial charge in [-0.25, -0.2) is 9.38 Å². The number of rotatable bonds is 3. The molecule has 0 aromatic heterocycles. The van der Waals surface area contributed by atoms with Crippen LogP contribution in [0.15, 0.2) is 53.5 Å². The Bertz CT molecular complexity index is 837. The van der Waals surface area contributed by atoms with Crippen molar-refractivity contribution in [3.63, 3.8) is 0 Å². The molecule has 28 heavy (non-hydrogen) atoms. The number of piperazine rings is 1. The highest BCUT2D eigenvalue weighted by Gasteiger charge is 2.36. The number of benzene rings is 2. The molecular formula is C21H26FIN4O. The minimum Gasteiger partial charge on any atom is -0.383 e. The summed E-state index contributed by atoms with van der Waals surface area (Å²) in [5, 5.41) is 11.0. The molecule has 1 saturated heterocycles. The first kappa shape index (κ1) is 20.9. The van der Waals surface area contributed by atoms with Gasteiger partial charge in [-0.1, -0.05) is 24.3 Å². The average molecular weight is 496 g/mol. The van der Waals surface area contributed by atoms with Crippen LogP contribution in [0.2, 0.25) is 0 Å². The largest absolute Gasteiger partial charge is 0.383 e. The molecular weight excluding hydrogens is 470 g/mol. The number of hydrogen-bond acceptors (Lipinski definition) is 3. The molecule has 1 aliphatic heterocycles. The lowest BCUT2D eigenvalue weighted by Gasteiger charge is -2.36. The van der Waals surface area contributed by atoms with Gasteiger partial charge in [-0.15, -0.1) is 24.0 Å². The predicted octanol–water partition coefficient (Wildman–Crippen LogP) is 2.71. The molecule has 0 radical (unpaired) electrons. The number of halogens is 2. The normalized spacial score (nSPS) is 22.0. The minimum absolute atomic E-state index is 0. The van der Waals surface area contributed by atoms with E-state index < -0.39 is 5.60 Å². The molecule has 1 fully saturated rings. The van der Waals surface area contributed by atoms with Gasteiger partial charge in [0.25, 0.3) is 0 Å². The van der Waals surface area contributed by atoms with Crippen molar-refractivity contribution < 1.29 is 9.50 Å². The Morgan fingerprint density at radius 3 is 2.46 bits per heavy atom. The van der Waals surface area contributed by atoms with Gasteiger partial charge in [0, 0.05) is 31.9 Å². The third-order valence-corrected chi connectivity index (χ3v) is 5.62. The lowest BCUT2D eigenvalue weighted by Crippen LogP contribution is -2.51. The molecule has 150 valence electrons. The summed E-state index contributed by atoms with van der Waals surface area (Å²) in [5.74, 6) is 0.256. The quantitative estimate of drug-likeness (QED) is 0.390. The van der Waals surface area contributed by atoms with Gasteiger partial charge < -0.3 is 20.6 Å². The standard InChI is InChI=1S/C21H25FN4O.HI/c22-17-5-7-18(8-6-17)25-11-13-26(14-12-25)20(23)24-15-21(27)10-9-16-3-1-2-4-19(16)21;/h1-8,27H,9-15H2,(H2,23,24);1H. The molecule has 1 atom stereocenters. The summed E-state index contributed by atoms with van der Waals surface area (Å²) in [4.78, 5) is 8.77. The molecule has 5 nitrogen and oxygen atoms in total. The third kappa shape index (κ3) is 4.25. The fourth-order valence-corrected chi connectivity index (χ4v) is 3.99. The van der Waals surface area contributed by atoms with Crippen molar-refractivity contribution in [3.8, 4) is 0 Å². The van der Waals surface area contributed by atoms with Crippen molar-refractivity contribution in [3.05, 3.63) is 65.5 Å². The van der Waals surface area contributed by atoms with Crippen molar-refractivity contribution in [2.75, 3.05) is 37.6 Å².